The molecule has 0 aromatic heterocycles. The number of fused-ring (bicyclic) bond motifs is 2. The molecule has 0 aliphatic carbocycles. The molecule has 0 aliphatic heterocycles. The van der Waals surface area contributed by atoms with E-state index in [9.17, 15) is 0 Å². The Hall–Kier alpha value is -1.82. The van der Waals surface area contributed by atoms with E-state index in [1.165, 1.54) is 84.9 Å². The van der Waals surface area contributed by atoms with Gasteiger partial charge in [0.25, 0.3) is 0 Å². The Balaban J connectivity index is 1.59. The average molecular weight is 317 g/mol. The van der Waals surface area contributed by atoms with Crippen LogP contribution in [0.15, 0.2) is 48.5 Å². The van der Waals surface area contributed by atoms with Crippen molar-refractivity contribution < 1.29 is 0 Å². The molecule has 0 nitrogen and oxygen atoms in total. The van der Waals surface area contributed by atoms with E-state index in [1.807, 2.05) is 0 Å². The molecule has 1 radical (unpaired) electrons. The quantitative estimate of drug-likeness (QED) is 0.283. The minimum Gasteiger partial charge on any atom is -0.0654 e. The van der Waals surface area contributed by atoms with E-state index in [-0.39, 0.29) is 0 Å². The molecule has 0 atom stereocenters. The molecule has 3 aromatic rings. The van der Waals surface area contributed by atoms with Gasteiger partial charge in [0.05, 0.1) is 0 Å². The van der Waals surface area contributed by atoms with Crippen molar-refractivity contribution in [3.63, 3.8) is 0 Å². The van der Waals surface area contributed by atoms with Gasteiger partial charge < -0.3 is 0 Å². The standard InChI is InChI=1S/C24H29/c1-2-3-4-5-6-7-8-9-13-20-16-12-17-23-18-21-14-10-11-15-22(21)19-24(20)23/h10-11,14-19H,2-9,13H2,1H3. The van der Waals surface area contributed by atoms with Gasteiger partial charge in [-0.15, -0.1) is 0 Å². The van der Waals surface area contributed by atoms with Crippen molar-refractivity contribution in [2.45, 2.75) is 64.7 Å². The summed E-state index contributed by atoms with van der Waals surface area (Å²) in [6.45, 7) is 2.28. The zero-order chi connectivity index (χ0) is 16.6. The van der Waals surface area contributed by atoms with Crippen molar-refractivity contribution in [2.24, 2.45) is 0 Å². The molecular weight excluding hydrogens is 288 g/mol. The lowest BCUT2D eigenvalue weighted by Crippen LogP contribution is -1.89. The van der Waals surface area contributed by atoms with E-state index < -0.39 is 0 Å². The fourth-order valence-electron chi connectivity index (χ4n) is 3.62. The summed E-state index contributed by atoms with van der Waals surface area (Å²) in [5.41, 5.74) is 1.46. The monoisotopic (exact) mass is 317 g/mol. The summed E-state index contributed by atoms with van der Waals surface area (Å²) in [5, 5.41) is 5.40. The van der Waals surface area contributed by atoms with Crippen molar-refractivity contribution in [1.29, 1.82) is 0 Å². The average Bonchev–Trinajstić information content (AvgIpc) is 2.62. The molecule has 0 spiro atoms. The second-order valence-corrected chi connectivity index (χ2v) is 6.99. The SMILES string of the molecule is CCCCCCCCCCc1c[c]cc2cc3ccccc3cc12. The van der Waals surface area contributed by atoms with Crippen LogP contribution in [0.2, 0.25) is 0 Å². The summed E-state index contributed by atoms with van der Waals surface area (Å²) < 4.78 is 0. The third-order valence-electron chi connectivity index (χ3n) is 5.06. The number of hydrogen-bond donors (Lipinski definition) is 0. The summed E-state index contributed by atoms with van der Waals surface area (Å²) in [4.78, 5) is 0. The Labute approximate surface area is 146 Å². The first kappa shape index (κ1) is 17.0. The molecule has 0 fully saturated rings. The van der Waals surface area contributed by atoms with Gasteiger partial charge in [0.15, 0.2) is 0 Å². The molecule has 0 amide bonds. The molecular formula is C24H29. The fraction of sp³-hybridized carbons (Fsp3) is 0.417. The maximum absolute atomic E-state index is 3.34. The second-order valence-electron chi connectivity index (χ2n) is 6.99. The molecule has 0 heterocycles. The lowest BCUT2D eigenvalue weighted by atomic mass is 9.96. The molecule has 125 valence electrons. The maximum Gasteiger partial charge on any atom is -0.0145 e. The van der Waals surface area contributed by atoms with Crippen LogP contribution in [0, 0.1) is 6.07 Å². The third-order valence-corrected chi connectivity index (χ3v) is 5.06. The largest absolute Gasteiger partial charge is 0.0654 e. The Morgan fingerprint density at radius 3 is 2.12 bits per heavy atom. The van der Waals surface area contributed by atoms with E-state index in [0.29, 0.717) is 0 Å². The summed E-state index contributed by atoms with van der Waals surface area (Å²) in [6, 6.07) is 21.0. The van der Waals surface area contributed by atoms with Gasteiger partial charge in [0.1, 0.15) is 0 Å². The summed E-state index contributed by atoms with van der Waals surface area (Å²) in [5.74, 6) is 0. The Morgan fingerprint density at radius 2 is 1.38 bits per heavy atom. The van der Waals surface area contributed by atoms with Crippen LogP contribution in [0.1, 0.15) is 63.9 Å². The van der Waals surface area contributed by atoms with E-state index in [4.69, 9.17) is 0 Å². The Kier molecular flexibility index (Phi) is 6.29. The minimum atomic E-state index is 1.18. The topological polar surface area (TPSA) is 0 Å². The smallest absolute Gasteiger partial charge is 0.0145 e. The van der Waals surface area contributed by atoms with E-state index >= 15 is 0 Å². The third kappa shape index (κ3) is 4.38. The van der Waals surface area contributed by atoms with Crippen LogP contribution in [-0.4, -0.2) is 0 Å². The summed E-state index contributed by atoms with van der Waals surface area (Å²) in [6.07, 6.45) is 12.2. The lowest BCUT2D eigenvalue weighted by molar-refractivity contribution is 0.576. The number of aryl methyl sites for hydroxylation is 1. The van der Waals surface area contributed by atoms with E-state index in [2.05, 4.69) is 61.5 Å². The molecule has 3 rings (SSSR count). The number of hydrogen-bond acceptors (Lipinski definition) is 0. The lowest BCUT2D eigenvalue weighted by Gasteiger charge is -2.08. The van der Waals surface area contributed by atoms with Gasteiger partial charge in [-0.25, -0.2) is 0 Å². The van der Waals surface area contributed by atoms with Gasteiger partial charge in [-0.3, -0.25) is 0 Å². The summed E-state index contributed by atoms with van der Waals surface area (Å²) in [7, 11) is 0. The highest BCUT2D eigenvalue weighted by atomic mass is 14.1. The normalized spacial score (nSPS) is 11.4. The van der Waals surface area contributed by atoms with Crippen molar-refractivity contribution in [3.8, 4) is 0 Å². The highest BCUT2D eigenvalue weighted by Gasteiger charge is 2.03. The Morgan fingerprint density at radius 1 is 0.708 bits per heavy atom. The van der Waals surface area contributed by atoms with Crippen molar-refractivity contribution >= 4 is 21.5 Å². The summed E-state index contributed by atoms with van der Waals surface area (Å²) >= 11 is 0. The fourth-order valence-corrected chi connectivity index (χ4v) is 3.62. The first-order valence-electron chi connectivity index (χ1n) is 9.70. The molecule has 3 aromatic carbocycles. The molecule has 24 heavy (non-hydrogen) atoms. The number of rotatable bonds is 9. The van der Waals surface area contributed by atoms with E-state index in [1.54, 1.807) is 0 Å². The molecule has 0 saturated heterocycles. The highest BCUT2D eigenvalue weighted by Crippen LogP contribution is 2.26. The van der Waals surface area contributed by atoms with Crippen molar-refractivity contribution in [2.75, 3.05) is 0 Å². The molecule has 0 heteroatoms. The first-order valence-corrected chi connectivity index (χ1v) is 9.70. The van der Waals surface area contributed by atoms with Crippen molar-refractivity contribution in [3.05, 3.63) is 60.2 Å². The van der Waals surface area contributed by atoms with Gasteiger partial charge in [0.2, 0.25) is 0 Å². The maximum atomic E-state index is 3.34. The van der Waals surface area contributed by atoms with Crippen LogP contribution >= 0.6 is 0 Å². The molecule has 0 N–H and O–H groups in total. The van der Waals surface area contributed by atoms with Crippen LogP contribution in [0.25, 0.3) is 21.5 Å². The highest BCUT2D eigenvalue weighted by molar-refractivity contribution is 5.99. The zero-order valence-corrected chi connectivity index (χ0v) is 15.0. The van der Waals surface area contributed by atoms with Gasteiger partial charge in [-0.2, -0.15) is 0 Å². The van der Waals surface area contributed by atoms with Gasteiger partial charge in [-0.1, -0.05) is 82.2 Å². The molecule has 0 bridgehead atoms. The molecule has 0 saturated carbocycles. The second kappa shape index (κ2) is 8.87. The van der Waals surface area contributed by atoms with Gasteiger partial charge in [0, 0.05) is 0 Å². The van der Waals surface area contributed by atoms with Crippen molar-refractivity contribution in [1.82, 2.24) is 0 Å². The van der Waals surface area contributed by atoms with E-state index in [0.717, 1.165) is 0 Å². The number of benzene rings is 3. The van der Waals surface area contributed by atoms with Crippen LogP contribution < -0.4 is 0 Å². The first-order chi connectivity index (χ1) is 11.9. The van der Waals surface area contributed by atoms with Crippen LogP contribution in [-0.2, 0) is 6.42 Å². The predicted octanol–water partition coefficient (Wildman–Crippen LogP) is 7.48. The zero-order valence-electron chi connectivity index (χ0n) is 15.0. The predicted molar refractivity (Wildman–Crippen MR) is 107 cm³/mol. The Bertz CT molecular complexity index is 769. The van der Waals surface area contributed by atoms with Crippen LogP contribution in [0.4, 0.5) is 0 Å². The van der Waals surface area contributed by atoms with Gasteiger partial charge in [-0.05, 0) is 64.2 Å². The molecule has 0 aliphatic rings. The number of unbranched alkanes of at least 4 members (excludes halogenated alkanes) is 7. The van der Waals surface area contributed by atoms with Crippen LogP contribution in [0.3, 0.4) is 0 Å². The van der Waals surface area contributed by atoms with Crippen LogP contribution in [0.5, 0.6) is 0 Å². The van der Waals surface area contributed by atoms with Gasteiger partial charge >= 0.3 is 0 Å². The minimum absolute atomic E-state index is 1.18. The molecule has 0 unspecified atom stereocenters.